The average molecular weight is 653 g/mol. The van der Waals surface area contributed by atoms with Crippen molar-refractivity contribution in [3.05, 3.63) is 83.4 Å². The Hall–Kier alpha value is -2.96. The Kier molecular flexibility index (Phi) is 7.76. The van der Waals surface area contributed by atoms with E-state index in [1.807, 2.05) is 55.5 Å². The number of ether oxygens (including phenoxy) is 4. The first-order valence-corrected chi connectivity index (χ1v) is 18.5. The number of carbonyl (C=O) groups excluding carboxylic acids is 2. The van der Waals surface area contributed by atoms with Crippen LogP contribution in [0.4, 0.5) is 0 Å². The summed E-state index contributed by atoms with van der Waals surface area (Å²) in [6.07, 6.45) is 10.8. The van der Waals surface area contributed by atoms with Gasteiger partial charge in [0.2, 0.25) is 0 Å². The second kappa shape index (κ2) is 11.6. The van der Waals surface area contributed by atoms with Gasteiger partial charge in [0, 0.05) is 23.7 Å². The van der Waals surface area contributed by atoms with Crippen molar-refractivity contribution >= 4 is 11.9 Å². The molecule has 4 aliphatic carbocycles. The molecule has 0 radical (unpaired) electrons. The third-order valence-electron chi connectivity index (χ3n) is 14.3. The minimum atomic E-state index is -0.776. The number of esters is 2. The zero-order valence-electron chi connectivity index (χ0n) is 29.3. The summed E-state index contributed by atoms with van der Waals surface area (Å²) in [4.78, 5) is 26.6. The molecule has 8 rings (SSSR count). The lowest BCUT2D eigenvalue weighted by Gasteiger charge is -2.61. The molecule has 2 aromatic carbocycles. The Morgan fingerprint density at radius 3 is 2.23 bits per heavy atom. The fourth-order valence-electron chi connectivity index (χ4n) is 11.6. The fraction of sp³-hybridized carbons (Fsp3) is 0.619. The van der Waals surface area contributed by atoms with Crippen molar-refractivity contribution in [2.45, 2.75) is 110 Å². The normalized spacial score (nSPS) is 44.2. The topological polar surface area (TPSA) is 71.1 Å². The SMILES string of the molecule is C[C@H]1CC[C@@]2(C)C(CCC3C4=C[C@@H]5O[C@]6(CC[C@@](C)(COC(=O)c7ccccc7)O6)[C@@H](C)[C@@H]5[C@@]4(C)[C@H](OC(=O)c4ccccc4)CC32)C1. The molecule has 2 saturated heterocycles. The molecule has 12 atom stereocenters. The summed E-state index contributed by atoms with van der Waals surface area (Å²) in [5.74, 6) is 1.33. The number of hydrogen-bond acceptors (Lipinski definition) is 6. The van der Waals surface area contributed by atoms with Crippen LogP contribution in [0.25, 0.3) is 0 Å². The van der Waals surface area contributed by atoms with E-state index in [2.05, 4.69) is 33.8 Å². The highest BCUT2D eigenvalue weighted by molar-refractivity contribution is 5.90. The lowest BCUT2D eigenvalue weighted by Crippen LogP contribution is -2.57. The molecule has 6 nitrogen and oxygen atoms in total. The van der Waals surface area contributed by atoms with Gasteiger partial charge in [0.15, 0.2) is 5.79 Å². The van der Waals surface area contributed by atoms with Crippen LogP contribution < -0.4 is 0 Å². The van der Waals surface area contributed by atoms with Crippen molar-refractivity contribution in [3.8, 4) is 0 Å². The van der Waals surface area contributed by atoms with Gasteiger partial charge in [0.05, 0.1) is 17.2 Å². The van der Waals surface area contributed by atoms with Crippen molar-refractivity contribution in [2.24, 2.45) is 46.3 Å². The maximum absolute atomic E-state index is 13.8. The van der Waals surface area contributed by atoms with Crippen LogP contribution >= 0.6 is 0 Å². The number of fused-ring (bicyclic) bond motifs is 7. The highest BCUT2D eigenvalue weighted by Gasteiger charge is 2.71. The molecule has 1 spiro atoms. The summed E-state index contributed by atoms with van der Waals surface area (Å²) in [6, 6.07) is 18.6. The quantitative estimate of drug-likeness (QED) is 0.238. The molecule has 2 aliphatic heterocycles. The molecule has 256 valence electrons. The van der Waals surface area contributed by atoms with Crippen LogP contribution in [0.5, 0.6) is 0 Å². The van der Waals surface area contributed by atoms with Crippen molar-refractivity contribution in [2.75, 3.05) is 6.61 Å². The monoisotopic (exact) mass is 652 g/mol. The highest BCUT2D eigenvalue weighted by Crippen LogP contribution is 2.70. The van der Waals surface area contributed by atoms with Crippen LogP contribution in [-0.2, 0) is 18.9 Å². The molecule has 0 aromatic heterocycles. The van der Waals surface area contributed by atoms with Crippen LogP contribution in [0.2, 0.25) is 0 Å². The summed E-state index contributed by atoms with van der Waals surface area (Å²) in [5, 5.41) is 0. The van der Waals surface area contributed by atoms with E-state index in [4.69, 9.17) is 18.9 Å². The number of carbonyl (C=O) groups is 2. The maximum atomic E-state index is 13.8. The second-order valence-corrected chi connectivity index (χ2v) is 17.0. The van der Waals surface area contributed by atoms with Gasteiger partial charge < -0.3 is 18.9 Å². The van der Waals surface area contributed by atoms with E-state index >= 15 is 0 Å². The van der Waals surface area contributed by atoms with Crippen LogP contribution in [0.1, 0.15) is 107 Å². The molecule has 0 amide bonds. The van der Waals surface area contributed by atoms with Gasteiger partial charge in [-0.3, -0.25) is 0 Å². The molecule has 0 N–H and O–H groups in total. The van der Waals surface area contributed by atoms with Gasteiger partial charge >= 0.3 is 11.9 Å². The zero-order valence-corrected chi connectivity index (χ0v) is 29.3. The van der Waals surface area contributed by atoms with Gasteiger partial charge in [-0.1, -0.05) is 82.2 Å². The Balaban J connectivity index is 1.09. The summed E-state index contributed by atoms with van der Waals surface area (Å²) in [6.45, 7) is 11.8. The summed E-state index contributed by atoms with van der Waals surface area (Å²) >= 11 is 0. The second-order valence-electron chi connectivity index (χ2n) is 17.0. The molecule has 2 aromatic rings. The smallest absolute Gasteiger partial charge is 0.338 e. The van der Waals surface area contributed by atoms with E-state index in [0.717, 1.165) is 31.1 Å². The summed E-state index contributed by atoms with van der Waals surface area (Å²) in [7, 11) is 0. The predicted molar refractivity (Wildman–Crippen MR) is 183 cm³/mol. The van der Waals surface area contributed by atoms with Crippen molar-refractivity contribution in [3.63, 3.8) is 0 Å². The molecule has 3 unspecified atom stereocenters. The standard InChI is InChI=1S/C42H52O6/c1-26-18-19-40(4)30(22-26)16-17-31-32(40)24-35(46-38(44)29-14-10-7-11-15-29)41(5)33(31)23-34-36(41)27(2)42(47-34)21-20-39(3,48-42)25-45-37(43)28-12-8-6-9-13-28/h6-15,23,26-27,30-32,34-36H,16-22,24-25H2,1-5H3/t26-,27-,30?,31?,32?,34-,35+,36-,39-,40-,41+,42-/m0/s1. The van der Waals surface area contributed by atoms with Crippen LogP contribution in [-0.4, -0.2) is 42.1 Å². The lowest BCUT2D eigenvalue weighted by molar-refractivity contribution is -0.255. The first-order valence-electron chi connectivity index (χ1n) is 18.5. The zero-order chi connectivity index (χ0) is 33.5. The number of hydrogen-bond donors (Lipinski definition) is 0. The number of rotatable bonds is 5. The van der Waals surface area contributed by atoms with Crippen LogP contribution in [0.3, 0.4) is 0 Å². The van der Waals surface area contributed by atoms with Crippen molar-refractivity contribution in [1.82, 2.24) is 0 Å². The van der Waals surface area contributed by atoms with Gasteiger partial charge in [0.1, 0.15) is 18.3 Å². The molecule has 6 heteroatoms. The summed E-state index contributed by atoms with van der Waals surface area (Å²) < 4.78 is 26.5. The molecular weight excluding hydrogens is 600 g/mol. The van der Waals surface area contributed by atoms with E-state index in [9.17, 15) is 9.59 Å². The average Bonchev–Trinajstić information content (AvgIpc) is 3.69. The van der Waals surface area contributed by atoms with Gasteiger partial charge in [-0.2, -0.15) is 0 Å². The van der Waals surface area contributed by atoms with E-state index in [1.54, 1.807) is 12.1 Å². The molecular formula is C42H52O6. The molecule has 6 aliphatic rings. The van der Waals surface area contributed by atoms with Crippen molar-refractivity contribution < 1.29 is 28.5 Å². The Morgan fingerprint density at radius 1 is 0.833 bits per heavy atom. The lowest BCUT2D eigenvalue weighted by atomic mass is 9.44. The van der Waals surface area contributed by atoms with E-state index < -0.39 is 11.4 Å². The van der Waals surface area contributed by atoms with E-state index in [1.165, 1.54) is 37.7 Å². The van der Waals surface area contributed by atoms with Crippen LogP contribution in [0, 0.1) is 46.3 Å². The maximum Gasteiger partial charge on any atom is 0.338 e. The minimum absolute atomic E-state index is 0.0600. The molecule has 2 heterocycles. The first-order chi connectivity index (χ1) is 23.0. The third kappa shape index (κ3) is 4.94. The number of benzene rings is 2. The Labute approximate surface area is 285 Å². The molecule has 48 heavy (non-hydrogen) atoms. The van der Waals surface area contributed by atoms with Crippen molar-refractivity contribution in [1.29, 1.82) is 0 Å². The minimum Gasteiger partial charge on any atom is -0.459 e. The Bertz CT molecular complexity index is 1590. The summed E-state index contributed by atoms with van der Waals surface area (Å²) in [5.41, 5.74) is 1.87. The van der Waals surface area contributed by atoms with E-state index in [0.29, 0.717) is 23.0 Å². The van der Waals surface area contributed by atoms with Crippen LogP contribution in [0.15, 0.2) is 72.3 Å². The van der Waals surface area contributed by atoms with Gasteiger partial charge in [-0.25, -0.2) is 9.59 Å². The predicted octanol–water partition coefficient (Wildman–Crippen LogP) is 8.80. The van der Waals surface area contributed by atoms with Gasteiger partial charge in [0.25, 0.3) is 0 Å². The molecule has 0 bridgehead atoms. The highest BCUT2D eigenvalue weighted by atomic mass is 16.7. The molecule has 5 fully saturated rings. The largest absolute Gasteiger partial charge is 0.459 e. The Morgan fingerprint density at radius 2 is 1.52 bits per heavy atom. The first kappa shape index (κ1) is 32.3. The van der Waals surface area contributed by atoms with E-state index in [-0.39, 0.29) is 53.4 Å². The molecule has 3 saturated carbocycles. The fourth-order valence-corrected chi connectivity index (χ4v) is 11.6. The van der Waals surface area contributed by atoms with Gasteiger partial charge in [-0.15, -0.1) is 0 Å². The third-order valence-corrected chi connectivity index (χ3v) is 14.3. The van der Waals surface area contributed by atoms with Gasteiger partial charge in [-0.05, 0) is 98.8 Å².